The molecule has 5 heterocycles. The fourth-order valence-electron chi connectivity index (χ4n) is 6.35. The lowest BCUT2D eigenvalue weighted by Gasteiger charge is -2.54. The van der Waals surface area contributed by atoms with Gasteiger partial charge in [-0.1, -0.05) is 6.07 Å². The molecule has 3 aliphatic rings. The Morgan fingerprint density at radius 2 is 2.06 bits per heavy atom. The van der Waals surface area contributed by atoms with Crippen LogP contribution in [0.15, 0.2) is 64.0 Å². The second-order valence-corrected chi connectivity index (χ2v) is 9.74. The minimum Gasteiger partial charge on any atom is -0.469 e. The van der Waals surface area contributed by atoms with Gasteiger partial charge in [-0.2, -0.15) is 0 Å². The third-order valence-corrected chi connectivity index (χ3v) is 7.79. The number of amides is 1. The van der Waals surface area contributed by atoms with Crippen LogP contribution in [-0.2, 0) is 24.2 Å². The molecule has 3 aromatic rings. The van der Waals surface area contributed by atoms with Gasteiger partial charge in [-0.05, 0) is 48.6 Å². The number of benzene rings is 1. The number of nitrogens with one attached hydrogen (secondary N) is 1. The number of fused-ring (bicyclic) bond motifs is 8. The van der Waals surface area contributed by atoms with Gasteiger partial charge in [0.1, 0.15) is 5.76 Å². The van der Waals surface area contributed by atoms with Crippen molar-refractivity contribution in [1.29, 1.82) is 0 Å². The van der Waals surface area contributed by atoms with Gasteiger partial charge in [0.2, 0.25) is 5.91 Å². The van der Waals surface area contributed by atoms with Crippen LogP contribution in [0.1, 0.15) is 29.4 Å². The number of pyridine rings is 1. The Morgan fingerprint density at radius 1 is 1.17 bits per heavy atom. The maximum Gasteiger partial charge on any atom is 0.269 e. The number of piperidine rings is 1. The maximum atomic E-state index is 13.5. The Bertz CT molecular complexity index is 1350. The topological polar surface area (TPSA) is 111 Å². The number of nitro groups is 1. The van der Waals surface area contributed by atoms with Crippen LogP contribution in [0.3, 0.4) is 0 Å². The van der Waals surface area contributed by atoms with Crippen molar-refractivity contribution in [3.8, 4) is 0 Å². The second-order valence-electron chi connectivity index (χ2n) is 9.74. The molecule has 1 aromatic carbocycles. The first-order valence-electron chi connectivity index (χ1n) is 12.0. The molecular formula is C26H26N4O5. The van der Waals surface area contributed by atoms with Gasteiger partial charge in [0.25, 0.3) is 11.2 Å². The highest BCUT2D eigenvalue weighted by Gasteiger charge is 2.49. The van der Waals surface area contributed by atoms with Crippen molar-refractivity contribution in [2.24, 2.45) is 11.8 Å². The number of nitro benzene ring substituents is 1. The van der Waals surface area contributed by atoms with Crippen LogP contribution >= 0.6 is 0 Å². The van der Waals surface area contributed by atoms with Gasteiger partial charge in [-0.25, -0.2) is 0 Å². The number of carbonyl (C=O) groups is 1. The van der Waals surface area contributed by atoms with E-state index in [1.165, 1.54) is 0 Å². The summed E-state index contributed by atoms with van der Waals surface area (Å²) in [5.41, 5.74) is 2.85. The fraction of sp³-hybridized carbons (Fsp3) is 0.385. The van der Waals surface area contributed by atoms with Crippen LogP contribution in [0, 0.1) is 22.0 Å². The first-order valence-corrected chi connectivity index (χ1v) is 12.0. The highest BCUT2D eigenvalue weighted by molar-refractivity contribution is 5.82. The van der Waals surface area contributed by atoms with Gasteiger partial charge in [0.05, 0.1) is 17.1 Å². The Labute approximate surface area is 201 Å². The quantitative estimate of drug-likeness (QED) is 0.450. The van der Waals surface area contributed by atoms with E-state index < -0.39 is 4.92 Å². The molecule has 0 saturated carbocycles. The lowest BCUT2D eigenvalue weighted by atomic mass is 9.70. The predicted molar refractivity (Wildman–Crippen MR) is 128 cm³/mol. The van der Waals surface area contributed by atoms with Crippen molar-refractivity contribution in [2.75, 3.05) is 18.0 Å². The molecule has 180 valence electrons. The van der Waals surface area contributed by atoms with Gasteiger partial charge in [0, 0.05) is 67.6 Å². The van der Waals surface area contributed by atoms with E-state index in [-0.39, 0.29) is 40.9 Å². The molecule has 4 atom stereocenters. The van der Waals surface area contributed by atoms with Crippen molar-refractivity contribution < 1.29 is 14.1 Å². The summed E-state index contributed by atoms with van der Waals surface area (Å²) in [5.74, 6) is 0.676. The van der Waals surface area contributed by atoms with E-state index in [4.69, 9.17) is 4.42 Å². The Kier molecular flexibility index (Phi) is 5.20. The number of hydrogen-bond acceptors (Lipinski definition) is 6. The number of nitrogens with zero attached hydrogens (tertiary/aromatic N) is 3. The van der Waals surface area contributed by atoms with Gasteiger partial charge < -0.3 is 19.2 Å². The molecule has 9 nitrogen and oxygen atoms in total. The summed E-state index contributed by atoms with van der Waals surface area (Å²) < 4.78 is 7.24. The molecule has 1 N–H and O–H groups in total. The molecule has 3 aliphatic heterocycles. The second kappa shape index (κ2) is 8.41. The average Bonchev–Trinajstić information content (AvgIpc) is 3.37. The number of carbonyl (C=O) groups excluding carboxylic acids is 1. The molecule has 1 saturated heterocycles. The summed E-state index contributed by atoms with van der Waals surface area (Å²) in [5, 5.41) is 14.5. The Balaban J connectivity index is 1.35. The molecule has 1 fully saturated rings. The van der Waals surface area contributed by atoms with Crippen molar-refractivity contribution in [2.45, 2.75) is 37.8 Å². The monoisotopic (exact) mass is 474 g/mol. The van der Waals surface area contributed by atoms with Crippen molar-refractivity contribution in [3.05, 3.63) is 92.3 Å². The van der Waals surface area contributed by atoms with E-state index in [9.17, 15) is 19.7 Å². The van der Waals surface area contributed by atoms with Crippen LogP contribution in [0.4, 0.5) is 11.4 Å². The van der Waals surface area contributed by atoms with Gasteiger partial charge in [-0.15, -0.1) is 0 Å². The standard InChI is InChI=1S/C26H26N4O5/c31-24-5-1-4-22-17-11-18(15-28(22)24)25-21(26(32)27-9-8-20-3-2-10-35-20)13-16-12-19(30(33)34)6-7-23(16)29(25)14-17/h1-7,10,12,17-18,21,25H,8-9,11,13-15H2,(H,27,32)/t17-,18+,21-,25+/m1/s1. The van der Waals surface area contributed by atoms with Crippen LogP contribution in [0.2, 0.25) is 0 Å². The van der Waals surface area contributed by atoms with Crippen molar-refractivity contribution >= 4 is 17.3 Å². The third-order valence-electron chi connectivity index (χ3n) is 7.79. The number of furan rings is 1. The first-order chi connectivity index (χ1) is 17.0. The third kappa shape index (κ3) is 3.71. The van der Waals surface area contributed by atoms with Crippen molar-refractivity contribution in [3.63, 3.8) is 0 Å². The predicted octanol–water partition coefficient (Wildman–Crippen LogP) is 2.87. The summed E-state index contributed by atoms with van der Waals surface area (Å²) in [4.78, 5) is 39.5. The number of anilines is 1. The smallest absolute Gasteiger partial charge is 0.269 e. The summed E-state index contributed by atoms with van der Waals surface area (Å²) in [6.07, 6.45) is 3.56. The fourth-order valence-corrected chi connectivity index (χ4v) is 6.35. The van der Waals surface area contributed by atoms with Crippen LogP contribution in [0.5, 0.6) is 0 Å². The molecule has 6 rings (SSSR count). The largest absolute Gasteiger partial charge is 0.469 e. The van der Waals surface area contributed by atoms with Crippen LogP contribution in [0.25, 0.3) is 0 Å². The molecule has 1 amide bonds. The zero-order valence-corrected chi connectivity index (χ0v) is 19.1. The summed E-state index contributed by atoms with van der Waals surface area (Å²) >= 11 is 0. The minimum absolute atomic E-state index is 0.00284. The normalized spacial score (nSPS) is 24.2. The summed E-state index contributed by atoms with van der Waals surface area (Å²) in [7, 11) is 0. The average molecular weight is 475 g/mol. The summed E-state index contributed by atoms with van der Waals surface area (Å²) in [6.45, 7) is 1.70. The molecule has 0 spiro atoms. The zero-order chi connectivity index (χ0) is 24.1. The molecule has 35 heavy (non-hydrogen) atoms. The minimum atomic E-state index is -0.390. The molecule has 2 aromatic heterocycles. The Hall–Kier alpha value is -3.88. The number of hydrogen-bond donors (Lipinski definition) is 1. The number of rotatable bonds is 5. The van der Waals surface area contributed by atoms with E-state index in [1.807, 2.05) is 34.9 Å². The van der Waals surface area contributed by atoms with Gasteiger partial charge in [0.15, 0.2) is 0 Å². The lowest BCUT2D eigenvalue weighted by molar-refractivity contribution is -0.384. The molecule has 0 unspecified atom stereocenters. The van der Waals surface area contributed by atoms with E-state index in [0.717, 1.165) is 29.1 Å². The molecule has 0 aliphatic carbocycles. The number of non-ortho nitro benzene ring substituents is 1. The molecule has 0 radical (unpaired) electrons. The van der Waals surface area contributed by atoms with Gasteiger partial charge in [-0.3, -0.25) is 19.7 Å². The molecule has 9 heteroatoms. The zero-order valence-electron chi connectivity index (χ0n) is 19.1. The van der Waals surface area contributed by atoms with Crippen molar-refractivity contribution in [1.82, 2.24) is 9.88 Å². The first kappa shape index (κ1) is 21.6. The maximum absolute atomic E-state index is 13.5. The SMILES string of the molecule is O=C(NCCc1ccco1)[C@@H]1Cc2cc([N+](=O)[O-])ccc2N2C[C@H]3C[C@@H](Cn4c3cccc4=O)[C@@H]12. The van der Waals surface area contributed by atoms with Crippen LogP contribution in [-0.4, -0.2) is 34.5 Å². The Morgan fingerprint density at radius 3 is 2.86 bits per heavy atom. The van der Waals surface area contributed by atoms with Gasteiger partial charge >= 0.3 is 0 Å². The van der Waals surface area contributed by atoms with E-state index in [2.05, 4.69) is 10.2 Å². The summed E-state index contributed by atoms with van der Waals surface area (Å²) in [6, 6.07) is 14.0. The molecular weight excluding hydrogens is 448 g/mol. The van der Waals surface area contributed by atoms with E-state index >= 15 is 0 Å². The highest BCUT2D eigenvalue weighted by Crippen LogP contribution is 2.47. The number of aromatic nitrogens is 1. The lowest BCUT2D eigenvalue weighted by Crippen LogP contribution is -2.61. The van der Waals surface area contributed by atoms with E-state index in [1.54, 1.807) is 24.5 Å². The highest BCUT2D eigenvalue weighted by atomic mass is 16.6. The molecule has 2 bridgehead atoms. The van der Waals surface area contributed by atoms with E-state index in [0.29, 0.717) is 32.5 Å². The van der Waals surface area contributed by atoms with Crippen LogP contribution < -0.4 is 15.8 Å².